The summed E-state index contributed by atoms with van der Waals surface area (Å²) in [6.07, 6.45) is 0.322. The number of carbonyl (C=O) groups is 1. The summed E-state index contributed by atoms with van der Waals surface area (Å²) in [6, 6.07) is 22.4. The van der Waals surface area contributed by atoms with E-state index in [1.807, 2.05) is 54.6 Å². The molecule has 0 aliphatic heterocycles. The minimum Gasteiger partial charge on any atom is -0.436 e. The van der Waals surface area contributed by atoms with Crippen LogP contribution >= 0.6 is 11.6 Å². The molecular weight excluding hydrogens is 348 g/mol. The lowest BCUT2D eigenvalue weighted by Crippen LogP contribution is -2.14. The number of hydrogen-bond donors (Lipinski definition) is 1. The molecule has 0 atom stereocenters. The Morgan fingerprint density at radius 3 is 2.65 bits per heavy atom. The fraction of sp³-hybridized carbons (Fsp3) is 0.0476. The lowest BCUT2D eigenvalue weighted by molar-refractivity contribution is -0.115. The van der Waals surface area contributed by atoms with Crippen molar-refractivity contribution in [2.45, 2.75) is 6.42 Å². The number of fused-ring (bicyclic) bond motifs is 1. The first-order valence-corrected chi connectivity index (χ1v) is 8.55. The Hall–Kier alpha value is -3.11. The van der Waals surface area contributed by atoms with Crippen LogP contribution in [0.2, 0.25) is 5.02 Å². The molecule has 1 heterocycles. The highest BCUT2D eigenvalue weighted by atomic mass is 35.5. The summed E-state index contributed by atoms with van der Waals surface area (Å²) < 4.78 is 5.83. The lowest BCUT2D eigenvalue weighted by atomic mass is 10.1. The molecule has 4 aromatic rings. The number of anilines is 1. The topological polar surface area (TPSA) is 55.1 Å². The number of carbonyl (C=O) groups excluding carboxylic acids is 1. The predicted octanol–water partition coefficient (Wildman–Crippen LogP) is 5.33. The molecule has 26 heavy (non-hydrogen) atoms. The van der Waals surface area contributed by atoms with Gasteiger partial charge >= 0.3 is 0 Å². The van der Waals surface area contributed by atoms with E-state index in [0.717, 1.165) is 16.6 Å². The van der Waals surface area contributed by atoms with E-state index in [1.54, 1.807) is 18.2 Å². The highest BCUT2D eigenvalue weighted by Gasteiger charge is 2.10. The number of rotatable bonds is 4. The summed E-state index contributed by atoms with van der Waals surface area (Å²) in [5.74, 6) is 0.417. The van der Waals surface area contributed by atoms with Gasteiger partial charge in [0.25, 0.3) is 0 Å². The van der Waals surface area contributed by atoms with Crippen LogP contribution in [-0.2, 0) is 11.2 Å². The van der Waals surface area contributed by atoms with Crippen molar-refractivity contribution in [2.75, 3.05) is 5.32 Å². The zero-order valence-electron chi connectivity index (χ0n) is 13.8. The zero-order chi connectivity index (χ0) is 17.9. The molecule has 4 nitrogen and oxygen atoms in total. The van der Waals surface area contributed by atoms with Gasteiger partial charge in [0.2, 0.25) is 11.8 Å². The summed E-state index contributed by atoms with van der Waals surface area (Å²) in [7, 11) is 0. The zero-order valence-corrected chi connectivity index (χ0v) is 14.5. The molecule has 0 unspecified atom stereocenters. The quantitative estimate of drug-likeness (QED) is 0.534. The highest BCUT2D eigenvalue weighted by molar-refractivity contribution is 6.30. The number of amides is 1. The number of benzene rings is 3. The van der Waals surface area contributed by atoms with Gasteiger partial charge in [-0.15, -0.1) is 0 Å². The SMILES string of the molecule is O=C(Cc1ccccc1)Nc1ccc2nc(-c3cccc(Cl)c3)oc2c1. The molecule has 0 aliphatic carbocycles. The van der Waals surface area contributed by atoms with Crippen LogP contribution < -0.4 is 5.32 Å². The molecule has 0 spiro atoms. The molecule has 0 bridgehead atoms. The van der Waals surface area contributed by atoms with Crippen molar-refractivity contribution in [3.63, 3.8) is 0 Å². The lowest BCUT2D eigenvalue weighted by Gasteiger charge is -2.05. The summed E-state index contributed by atoms with van der Waals surface area (Å²) in [5, 5.41) is 3.52. The standard InChI is InChI=1S/C21H15ClN2O2/c22-16-8-4-7-15(12-16)21-24-18-10-9-17(13-19(18)26-21)23-20(25)11-14-5-2-1-3-6-14/h1-10,12-13H,11H2,(H,23,25). The highest BCUT2D eigenvalue weighted by Crippen LogP contribution is 2.27. The summed E-state index contributed by atoms with van der Waals surface area (Å²) in [6.45, 7) is 0. The van der Waals surface area contributed by atoms with Crippen LogP contribution in [0.3, 0.4) is 0 Å². The van der Waals surface area contributed by atoms with Gasteiger partial charge in [0, 0.05) is 22.3 Å². The van der Waals surface area contributed by atoms with Gasteiger partial charge in [-0.2, -0.15) is 0 Å². The van der Waals surface area contributed by atoms with Crippen molar-refractivity contribution in [2.24, 2.45) is 0 Å². The first-order chi connectivity index (χ1) is 12.7. The average Bonchev–Trinajstić information content (AvgIpc) is 3.06. The van der Waals surface area contributed by atoms with Crippen LogP contribution in [0.15, 0.2) is 77.2 Å². The first kappa shape index (κ1) is 16.4. The molecule has 0 aliphatic rings. The molecule has 0 radical (unpaired) electrons. The molecule has 3 aromatic carbocycles. The van der Waals surface area contributed by atoms with Crippen molar-refractivity contribution in [1.82, 2.24) is 4.98 Å². The Bertz CT molecular complexity index is 1070. The fourth-order valence-corrected chi connectivity index (χ4v) is 2.92. The van der Waals surface area contributed by atoms with Gasteiger partial charge in [-0.25, -0.2) is 4.98 Å². The second-order valence-corrected chi connectivity index (χ2v) is 6.36. The Morgan fingerprint density at radius 1 is 1.00 bits per heavy atom. The van der Waals surface area contributed by atoms with E-state index in [1.165, 1.54) is 0 Å². The number of nitrogens with one attached hydrogen (secondary N) is 1. The van der Waals surface area contributed by atoms with Gasteiger partial charge in [0.15, 0.2) is 5.58 Å². The number of halogens is 1. The van der Waals surface area contributed by atoms with Crippen molar-refractivity contribution >= 4 is 34.3 Å². The third-order valence-electron chi connectivity index (χ3n) is 3.95. The van der Waals surface area contributed by atoms with Gasteiger partial charge in [0.05, 0.1) is 6.42 Å². The second-order valence-electron chi connectivity index (χ2n) is 5.92. The molecule has 4 rings (SSSR count). The van der Waals surface area contributed by atoms with E-state index in [9.17, 15) is 4.79 Å². The minimum absolute atomic E-state index is 0.0786. The third kappa shape index (κ3) is 3.60. The Labute approximate surface area is 155 Å². The molecular formula is C21H15ClN2O2. The fourth-order valence-electron chi connectivity index (χ4n) is 2.73. The smallest absolute Gasteiger partial charge is 0.228 e. The molecule has 1 aromatic heterocycles. The van der Waals surface area contributed by atoms with Crippen molar-refractivity contribution in [3.05, 3.63) is 83.4 Å². The second kappa shape index (κ2) is 7.02. The molecule has 5 heteroatoms. The number of aromatic nitrogens is 1. The largest absolute Gasteiger partial charge is 0.436 e. The molecule has 1 N–H and O–H groups in total. The normalized spacial score (nSPS) is 10.8. The van der Waals surface area contributed by atoms with Gasteiger partial charge in [-0.1, -0.05) is 48.0 Å². The summed E-state index contributed by atoms with van der Waals surface area (Å²) >= 11 is 6.03. The van der Waals surface area contributed by atoms with Crippen molar-refractivity contribution in [3.8, 4) is 11.5 Å². The molecule has 0 saturated heterocycles. The minimum atomic E-state index is -0.0786. The summed E-state index contributed by atoms with van der Waals surface area (Å²) in [4.78, 5) is 16.7. The first-order valence-electron chi connectivity index (χ1n) is 8.18. The van der Waals surface area contributed by atoms with Gasteiger partial charge in [-0.3, -0.25) is 4.79 Å². The predicted molar refractivity (Wildman–Crippen MR) is 103 cm³/mol. The number of hydrogen-bond acceptors (Lipinski definition) is 3. The molecule has 0 fully saturated rings. The van der Waals surface area contributed by atoms with Crippen LogP contribution in [0.1, 0.15) is 5.56 Å². The maximum Gasteiger partial charge on any atom is 0.228 e. The number of oxazole rings is 1. The molecule has 1 amide bonds. The van der Waals surface area contributed by atoms with E-state index in [0.29, 0.717) is 28.6 Å². The van der Waals surface area contributed by atoms with Gasteiger partial charge < -0.3 is 9.73 Å². The van der Waals surface area contributed by atoms with Crippen LogP contribution in [-0.4, -0.2) is 10.9 Å². The van der Waals surface area contributed by atoms with Crippen molar-refractivity contribution < 1.29 is 9.21 Å². The van der Waals surface area contributed by atoms with Gasteiger partial charge in [-0.05, 0) is 35.9 Å². The van der Waals surface area contributed by atoms with E-state index < -0.39 is 0 Å². The average molecular weight is 363 g/mol. The summed E-state index contributed by atoms with van der Waals surface area (Å²) in [5.41, 5.74) is 3.78. The molecule has 128 valence electrons. The van der Waals surface area contributed by atoms with Crippen LogP contribution in [0, 0.1) is 0 Å². The maximum atomic E-state index is 12.2. The third-order valence-corrected chi connectivity index (χ3v) is 4.19. The van der Waals surface area contributed by atoms with Crippen LogP contribution in [0.5, 0.6) is 0 Å². The van der Waals surface area contributed by atoms with E-state index >= 15 is 0 Å². The monoisotopic (exact) mass is 362 g/mol. The van der Waals surface area contributed by atoms with E-state index in [-0.39, 0.29) is 5.91 Å². The number of nitrogens with zero attached hydrogens (tertiary/aromatic N) is 1. The van der Waals surface area contributed by atoms with E-state index in [4.69, 9.17) is 16.0 Å². The molecule has 0 saturated carbocycles. The van der Waals surface area contributed by atoms with Crippen LogP contribution in [0.4, 0.5) is 5.69 Å². The van der Waals surface area contributed by atoms with E-state index in [2.05, 4.69) is 10.3 Å². The Balaban J connectivity index is 1.55. The van der Waals surface area contributed by atoms with Crippen molar-refractivity contribution in [1.29, 1.82) is 0 Å². The van der Waals surface area contributed by atoms with Gasteiger partial charge in [0.1, 0.15) is 5.52 Å². The maximum absolute atomic E-state index is 12.2. The Morgan fingerprint density at radius 2 is 1.85 bits per heavy atom. The Kier molecular flexibility index (Phi) is 4.42. The van der Waals surface area contributed by atoms with Crippen LogP contribution in [0.25, 0.3) is 22.6 Å².